The lowest BCUT2D eigenvalue weighted by atomic mass is 9.85. The molecule has 2 aromatic carbocycles. The molecule has 0 aliphatic carbocycles. The lowest BCUT2D eigenvalue weighted by Crippen LogP contribution is -2.57. The summed E-state index contributed by atoms with van der Waals surface area (Å²) >= 11 is 0. The van der Waals surface area contributed by atoms with Crippen LogP contribution in [0.3, 0.4) is 0 Å². The van der Waals surface area contributed by atoms with Gasteiger partial charge >= 0.3 is 0 Å². The molecule has 1 fully saturated rings. The molecule has 212 valence electrons. The molecular weight excluding hydrogens is 516 g/mol. The van der Waals surface area contributed by atoms with Gasteiger partial charge in [0.25, 0.3) is 5.95 Å². The van der Waals surface area contributed by atoms with Crippen molar-refractivity contribution < 1.29 is 13.9 Å². The van der Waals surface area contributed by atoms with E-state index < -0.39 is 23.3 Å². The van der Waals surface area contributed by atoms with Gasteiger partial charge < -0.3 is 10.0 Å². The molecule has 1 aliphatic heterocycles. The second-order valence-electron chi connectivity index (χ2n) is 11.4. The molecule has 40 heavy (non-hydrogen) atoms. The summed E-state index contributed by atoms with van der Waals surface area (Å²) in [5.41, 5.74) is 0.786. The maximum Gasteiger partial charge on any atom is 0.266 e. The quantitative estimate of drug-likeness (QED) is 0.357. The normalized spacial score (nSPS) is 17.1. The summed E-state index contributed by atoms with van der Waals surface area (Å²) in [6, 6.07) is 11.2. The smallest absolute Gasteiger partial charge is 0.266 e. The number of aliphatic hydroxyl groups is 1. The average Bonchev–Trinajstić information content (AvgIpc) is 3.60. The van der Waals surface area contributed by atoms with E-state index in [4.69, 9.17) is 0 Å². The lowest BCUT2D eigenvalue weighted by molar-refractivity contribution is -0.0650. The molecule has 0 unspecified atom stereocenters. The molecule has 12 heteroatoms. The van der Waals surface area contributed by atoms with Crippen LogP contribution < -0.4 is 4.90 Å². The number of nitrogens with zero attached hydrogens (tertiary/aromatic N) is 9. The Balaban J connectivity index is 1.25. The second-order valence-corrected chi connectivity index (χ2v) is 11.4. The Bertz CT molecular complexity index is 1410. The van der Waals surface area contributed by atoms with Crippen molar-refractivity contribution in [2.75, 3.05) is 31.1 Å². The molecular formula is C28H35F2N9O. The number of aromatic nitrogens is 7. The molecule has 1 aliphatic rings. The van der Waals surface area contributed by atoms with E-state index in [2.05, 4.69) is 75.4 Å². The summed E-state index contributed by atoms with van der Waals surface area (Å²) in [5.74, 6) is -0.962. The summed E-state index contributed by atoms with van der Waals surface area (Å²) in [6.45, 7) is 11.2. The molecule has 4 aromatic rings. The molecule has 0 saturated carbocycles. The van der Waals surface area contributed by atoms with Gasteiger partial charge in [-0.3, -0.25) is 4.90 Å². The van der Waals surface area contributed by atoms with Crippen molar-refractivity contribution in [1.29, 1.82) is 0 Å². The van der Waals surface area contributed by atoms with Gasteiger partial charge in [-0.25, -0.2) is 18.4 Å². The highest BCUT2D eigenvalue weighted by Crippen LogP contribution is 2.33. The SMILES string of the molecule is C[C@@H](N1CCN(c2nnn(Cc3ccc(C(C)(C)C)cc3)n2)CC1)[C@](O)(Cn1cncn1)c1ccc(F)cc1F. The minimum Gasteiger partial charge on any atom is -0.381 e. The van der Waals surface area contributed by atoms with Gasteiger partial charge in [0, 0.05) is 43.9 Å². The van der Waals surface area contributed by atoms with E-state index >= 15 is 0 Å². The fourth-order valence-corrected chi connectivity index (χ4v) is 5.16. The predicted octanol–water partition coefficient (Wildman–Crippen LogP) is 2.99. The van der Waals surface area contributed by atoms with E-state index in [0.29, 0.717) is 38.7 Å². The zero-order valence-corrected chi connectivity index (χ0v) is 23.2. The maximum atomic E-state index is 14.9. The summed E-state index contributed by atoms with van der Waals surface area (Å²) in [4.78, 5) is 9.65. The summed E-state index contributed by atoms with van der Waals surface area (Å²) in [5, 5.41) is 29.1. The van der Waals surface area contributed by atoms with Crippen LogP contribution in [-0.2, 0) is 24.1 Å². The number of piperazine rings is 1. The molecule has 0 spiro atoms. The first-order chi connectivity index (χ1) is 19.0. The Kier molecular flexibility index (Phi) is 7.65. The topological polar surface area (TPSA) is 101 Å². The third-order valence-electron chi connectivity index (χ3n) is 7.69. The van der Waals surface area contributed by atoms with Crippen molar-refractivity contribution in [3.8, 4) is 0 Å². The molecule has 5 rings (SSSR count). The summed E-state index contributed by atoms with van der Waals surface area (Å²) < 4.78 is 30.0. The van der Waals surface area contributed by atoms with E-state index in [1.165, 1.54) is 29.0 Å². The average molecular weight is 552 g/mol. The number of benzene rings is 2. The molecule has 1 saturated heterocycles. The Morgan fingerprint density at radius 3 is 2.35 bits per heavy atom. The Morgan fingerprint density at radius 2 is 1.73 bits per heavy atom. The molecule has 0 bridgehead atoms. The van der Waals surface area contributed by atoms with Crippen LogP contribution >= 0.6 is 0 Å². The van der Waals surface area contributed by atoms with Gasteiger partial charge in [0.05, 0.1) is 13.1 Å². The van der Waals surface area contributed by atoms with Gasteiger partial charge in [0.2, 0.25) is 0 Å². The lowest BCUT2D eigenvalue weighted by Gasteiger charge is -2.44. The van der Waals surface area contributed by atoms with Gasteiger partial charge in [-0.05, 0) is 34.7 Å². The van der Waals surface area contributed by atoms with Crippen LogP contribution in [0.4, 0.5) is 14.7 Å². The molecule has 0 amide bonds. The molecule has 3 heterocycles. The van der Waals surface area contributed by atoms with Crippen LogP contribution in [0.1, 0.15) is 44.4 Å². The van der Waals surface area contributed by atoms with Crippen molar-refractivity contribution in [3.63, 3.8) is 0 Å². The monoisotopic (exact) mass is 551 g/mol. The van der Waals surface area contributed by atoms with Crippen LogP contribution in [0.5, 0.6) is 0 Å². The van der Waals surface area contributed by atoms with Crippen molar-refractivity contribution in [3.05, 3.63) is 83.4 Å². The first-order valence-corrected chi connectivity index (χ1v) is 13.4. The van der Waals surface area contributed by atoms with Crippen molar-refractivity contribution in [2.45, 2.75) is 57.8 Å². The van der Waals surface area contributed by atoms with Crippen LogP contribution in [0.2, 0.25) is 0 Å². The minimum atomic E-state index is -1.68. The van der Waals surface area contributed by atoms with E-state index in [1.807, 2.05) is 11.8 Å². The third-order valence-corrected chi connectivity index (χ3v) is 7.69. The fourth-order valence-electron chi connectivity index (χ4n) is 5.16. The minimum absolute atomic E-state index is 0.0134. The van der Waals surface area contributed by atoms with Gasteiger partial charge in [0.1, 0.15) is 29.9 Å². The maximum absolute atomic E-state index is 14.9. The van der Waals surface area contributed by atoms with E-state index in [0.717, 1.165) is 17.7 Å². The zero-order valence-electron chi connectivity index (χ0n) is 23.2. The van der Waals surface area contributed by atoms with Crippen LogP contribution in [0, 0.1) is 11.6 Å². The fraction of sp³-hybridized carbons (Fsp3) is 0.464. The second kappa shape index (κ2) is 11.0. The molecule has 2 atom stereocenters. The van der Waals surface area contributed by atoms with Crippen molar-refractivity contribution in [2.24, 2.45) is 0 Å². The Labute approximate surface area is 232 Å². The number of rotatable bonds is 8. The van der Waals surface area contributed by atoms with E-state index in [9.17, 15) is 13.9 Å². The number of tetrazole rings is 1. The van der Waals surface area contributed by atoms with Gasteiger partial charge in [0.15, 0.2) is 0 Å². The number of anilines is 1. The Hall–Kier alpha value is -3.77. The Morgan fingerprint density at radius 1 is 1.00 bits per heavy atom. The van der Waals surface area contributed by atoms with Crippen molar-refractivity contribution in [1.82, 2.24) is 39.9 Å². The number of hydrogen-bond acceptors (Lipinski definition) is 8. The summed E-state index contributed by atoms with van der Waals surface area (Å²) in [7, 11) is 0. The van der Waals surface area contributed by atoms with Crippen molar-refractivity contribution >= 4 is 5.95 Å². The zero-order chi connectivity index (χ0) is 28.5. The molecule has 2 aromatic heterocycles. The first-order valence-electron chi connectivity index (χ1n) is 13.4. The van der Waals surface area contributed by atoms with Gasteiger partial charge in [-0.1, -0.05) is 56.2 Å². The van der Waals surface area contributed by atoms with Crippen LogP contribution in [0.15, 0.2) is 55.1 Å². The van der Waals surface area contributed by atoms with Gasteiger partial charge in [-0.2, -0.15) is 9.90 Å². The van der Waals surface area contributed by atoms with E-state index in [-0.39, 0.29) is 17.5 Å². The first kappa shape index (κ1) is 27.8. The van der Waals surface area contributed by atoms with E-state index in [1.54, 1.807) is 4.80 Å². The summed E-state index contributed by atoms with van der Waals surface area (Å²) in [6.07, 6.45) is 2.82. The standard InChI is InChI=1S/C28H35F2N9O/c1-20(28(40,17-38-19-31-18-32-38)24-10-9-23(29)15-25(24)30)36-11-13-37(14-12-36)26-33-35-39(34-26)16-21-5-7-22(8-6-21)27(2,3)4/h5-10,15,18-20,40H,11-14,16-17H2,1-4H3/t20-,28-/m1/s1. The third kappa shape index (κ3) is 5.87. The van der Waals surface area contributed by atoms with Crippen LogP contribution in [-0.4, -0.2) is 77.2 Å². The highest BCUT2D eigenvalue weighted by Gasteiger charge is 2.43. The largest absolute Gasteiger partial charge is 0.381 e. The number of halogens is 2. The predicted molar refractivity (Wildman–Crippen MR) is 146 cm³/mol. The van der Waals surface area contributed by atoms with Crippen LogP contribution in [0.25, 0.3) is 0 Å². The van der Waals surface area contributed by atoms with Gasteiger partial charge in [-0.15, -0.1) is 5.10 Å². The molecule has 1 N–H and O–H groups in total. The molecule has 0 radical (unpaired) electrons. The molecule has 10 nitrogen and oxygen atoms in total. The highest BCUT2D eigenvalue weighted by atomic mass is 19.1. The number of hydrogen-bond donors (Lipinski definition) is 1. The highest BCUT2D eigenvalue weighted by molar-refractivity contribution is 5.30.